The van der Waals surface area contributed by atoms with Crippen LogP contribution in [0.4, 0.5) is 5.69 Å². The SMILES string of the molecule is CCN1C(=O)C(=CC=C2Nc3ccccc3C2(C)C)OC1=S. The number of rotatable bonds is 2. The Labute approximate surface area is 135 Å². The summed E-state index contributed by atoms with van der Waals surface area (Å²) in [5, 5.41) is 3.62. The molecular weight excluding hydrogens is 296 g/mol. The minimum absolute atomic E-state index is 0.139. The summed E-state index contributed by atoms with van der Waals surface area (Å²) in [6.45, 7) is 6.68. The van der Waals surface area contributed by atoms with Crippen molar-refractivity contribution in [1.82, 2.24) is 4.90 Å². The second kappa shape index (κ2) is 5.25. The Hall–Kier alpha value is -2.14. The standard InChI is InChI=1S/C17H18N2O2S/c1-4-19-15(20)13(21-16(19)22)9-10-14-17(2,3)11-7-5-6-8-12(11)18-14/h5-10,18H,4H2,1-3H3. The van der Waals surface area contributed by atoms with Gasteiger partial charge in [-0.25, -0.2) is 0 Å². The van der Waals surface area contributed by atoms with Gasteiger partial charge in [0.15, 0.2) is 5.76 Å². The molecular formula is C17H18N2O2S. The second-order valence-electron chi connectivity index (χ2n) is 5.82. The number of benzene rings is 1. The normalized spacial score (nSPS) is 23.0. The zero-order chi connectivity index (χ0) is 15.9. The first-order chi connectivity index (χ1) is 10.4. The van der Waals surface area contributed by atoms with Crippen LogP contribution in [0.1, 0.15) is 26.3 Å². The van der Waals surface area contributed by atoms with Crippen molar-refractivity contribution < 1.29 is 9.53 Å². The van der Waals surface area contributed by atoms with Gasteiger partial charge in [0.1, 0.15) is 0 Å². The first kappa shape index (κ1) is 14.8. The number of likely N-dealkylation sites (N-methyl/N-ethyl adjacent to an activating group) is 1. The molecule has 5 heteroatoms. The van der Waals surface area contributed by atoms with Gasteiger partial charge in [-0.05, 0) is 42.9 Å². The number of hydrogen-bond donors (Lipinski definition) is 1. The molecule has 0 unspecified atom stereocenters. The Morgan fingerprint density at radius 1 is 1.32 bits per heavy atom. The van der Waals surface area contributed by atoms with Crippen molar-refractivity contribution in [3.8, 4) is 0 Å². The summed E-state index contributed by atoms with van der Waals surface area (Å²) in [4.78, 5) is 13.6. The average Bonchev–Trinajstić information content (AvgIpc) is 2.91. The molecule has 4 nitrogen and oxygen atoms in total. The molecule has 2 aliphatic rings. The molecule has 0 atom stereocenters. The van der Waals surface area contributed by atoms with Gasteiger partial charge in [0.2, 0.25) is 0 Å². The van der Waals surface area contributed by atoms with Crippen LogP contribution in [-0.2, 0) is 14.9 Å². The highest BCUT2D eigenvalue weighted by Crippen LogP contribution is 2.42. The lowest BCUT2D eigenvalue weighted by molar-refractivity contribution is -0.122. The van der Waals surface area contributed by atoms with E-state index in [1.807, 2.05) is 25.1 Å². The van der Waals surface area contributed by atoms with Gasteiger partial charge in [-0.1, -0.05) is 32.0 Å². The molecule has 1 saturated heterocycles. The van der Waals surface area contributed by atoms with E-state index in [4.69, 9.17) is 17.0 Å². The average molecular weight is 314 g/mol. The summed E-state index contributed by atoms with van der Waals surface area (Å²) in [7, 11) is 0. The van der Waals surface area contributed by atoms with Crippen LogP contribution in [0.3, 0.4) is 0 Å². The lowest BCUT2D eigenvalue weighted by atomic mass is 9.84. The van der Waals surface area contributed by atoms with Crippen molar-refractivity contribution in [3.63, 3.8) is 0 Å². The quantitative estimate of drug-likeness (QED) is 0.671. The maximum absolute atomic E-state index is 12.1. The number of fused-ring (bicyclic) bond motifs is 1. The maximum atomic E-state index is 12.1. The Morgan fingerprint density at radius 2 is 2.05 bits per heavy atom. The highest BCUT2D eigenvalue weighted by Gasteiger charge is 2.35. The number of hydrogen-bond acceptors (Lipinski definition) is 4. The van der Waals surface area contributed by atoms with E-state index in [1.54, 1.807) is 6.08 Å². The van der Waals surface area contributed by atoms with Crippen LogP contribution in [-0.4, -0.2) is 22.5 Å². The molecule has 22 heavy (non-hydrogen) atoms. The molecule has 0 spiro atoms. The van der Waals surface area contributed by atoms with Crippen molar-refractivity contribution in [2.45, 2.75) is 26.2 Å². The van der Waals surface area contributed by atoms with Gasteiger partial charge in [0.05, 0.1) is 0 Å². The molecule has 1 aromatic carbocycles. The van der Waals surface area contributed by atoms with E-state index < -0.39 is 0 Å². The van der Waals surface area contributed by atoms with E-state index in [9.17, 15) is 4.79 Å². The van der Waals surface area contributed by atoms with E-state index in [-0.39, 0.29) is 22.3 Å². The predicted molar refractivity (Wildman–Crippen MR) is 90.3 cm³/mol. The zero-order valence-corrected chi connectivity index (χ0v) is 13.7. The third kappa shape index (κ3) is 2.22. The van der Waals surface area contributed by atoms with Crippen LogP contribution in [0, 0.1) is 0 Å². The van der Waals surface area contributed by atoms with Crippen molar-refractivity contribution in [2.75, 3.05) is 11.9 Å². The van der Waals surface area contributed by atoms with E-state index >= 15 is 0 Å². The van der Waals surface area contributed by atoms with Crippen LogP contribution < -0.4 is 5.32 Å². The fourth-order valence-electron chi connectivity index (χ4n) is 2.78. The molecule has 1 fully saturated rings. The van der Waals surface area contributed by atoms with Gasteiger partial charge in [-0.15, -0.1) is 0 Å². The summed E-state index contributed by atoms with van der Waals surface area (Å²) in [5.74, 6) is 0.0885. The summed E-state index contributed by atoms with van der Waals surface area (Å²) in [5.41, 5.74) is 3.23. The van der Waals surface area contributed by atoms with Crippen LogP contribution in [0.15, 0.2) is 47.9 Å². The summed E-state index contributed by atoms with van der Waals surface area (Å²) in [6, 6.07) is 8.20. The molecule has 1 aromatic rings. The minimum atomic E-state index is -0.183. The highest BCUT2D eigenvalue weighted by atomic mass is 32.1. The Kier molecular flexibility index (Phi) is 3.53. The lowest BCUT2D eigenvalue weighted by Gasteiger charge is -2.19. The molecule has 0 aromatic heterocycles. The highest BCUT2D eigenvalue weighted by molar-refractivity contribution is 7.80. The van der Waals surface area contributed by atoms with Gasteiger partial charge in [0.25, 0.3) is 11.1 Å². The summed E-state index contributed by atoms with van der Waals surface area (Å²) in [6.07, 6.45) is 3.59. The first-order valence-corrected chi connectivity index (χ1v) is 7.68. The number of amides is 1. The molecule has 2 heterocycles. The molecule has 0 saturated carbocycles. The Morgan fingerprint density at radius 3 is 2.68 bits per heavy atom. The number of thiocarbonyl (C=S) groups is 1. The third-order valence-corrected chi connectivity index (χ3v) is 4.44. The molecule has 0 radical (unpaired) electrons. The molecule has 1 N–H and O–H groups in total. The van der Waals surface area contributed by atoms with Crippen LogP contribution in [0.2, 0.25) is 0 Å². The monoisotopic (exact) mass is 314 g/mol. The van der Waals surface area contributed by atoms with Crippen LogP contribution in [0.25, 0.3) is 0 Å². The number of nitrogens with one attached hydrogen (secondary N) is 1. The van der Waals surface area contributed by atoms with Gasteiger partial charge in [-0.3, -0.25) is 9.69 Å². The number of ether oxygens (including phenoxy) is 1. The van der Waals surface area contributed by atoms with E-state index in [1.165, 1.54) is 10.5 Å². The van der Waals surface area contributed by atoms with Gasteiger partial charge < -0.3 is 10.1 Å². The number of carbonyl (C=O) groups excluding carboxylic acids is 1. The van der Waals surface area contributed by atoms with E-state index in [0.717, 1.165) is 11.4 Å². The topological polar surface area (TPSA) is 41.6 Å². The van der Waals surface area contributed by atoms with Crippen LogP contribution >= 0.6 is 12.2 Å². The lowest BCUT2D eigenvalue weighted by Crippen LogP contribution is -2.27. The van der Waals surface area contributed by atoms with Gasteiger partial charge in [0, 0.05) is 23.3 Å². The van der Waals surface area contributed by atoms with E-state index in [2.05, 4.69) is 31.3 Å². The largest absolute Gasteiger partial charge is 0.426 e. The fourth-order valence-corrected chi connectivity index (χ4v) is 3.08. The van der Waals surface area contributed by atoms with Crippen LogP contribution in [0.5, 0.6) is 0 Å². The molecule has 114 valence electrons. The number of carbonyl (C=O) groups is 1. The third-order valence-electron chi connectivity index (χ3n) is 4.13. The first-order valence-electron chi connectivity index (χ1n) is 7.28. The molecule has 2 aliphatic heterocycles. The smallest absolute Gasteiger partial charge is 0.297 e. The minimum Gasteiger partial charge on any atom is -0.426 e. The van der Waals surface area contributed by atoms with Crippen molar-refractivity contribution >= 4 is 29.0 Å². The molecule has 0 aliphatic carbocycles. The Balaban J connectivity index is 1.91. The van der Waals surface area contributed by atoms with Gasteiger partial charge >= 0.3 is 0 Å². The van der Waals surface area contributed by atoms with E-state index in [0.29, 0.717) is 6.54 Å². The van der Waals surface area contributed by atoms with Crippen molar-refractivity contribution in [3.05, 3.63) is 53.4 Å². The molecule has 3 rings (SSSR count). The number of anilines is 1. The number of para-hydroxylation sites is 1. The number of nitrogens with zero attached hydrogens (tertiary/aromatic N) is 1. The predicted octanol–water partition coefficient (Wildman–Crippen LogP) is 3.32. The summed E-state index contributed by atoms with van der Waals surface area (Å²) < 4.78 is 5.38. The van der Waals surface area contributed by atoms with Crippen molar-refractivity contribution in [2.24, 2.45) is 0 Å². The fraction of sp³-hybridized carbons (Fsp3) is 0.294. The maximum Gasteiger partial charge on any atom is 0.297 e. The molecule has 0 bridgehead atoms. The van der Waals surface area contributed by atoms with Gasteiger partial charge in [-0.2, -0.15) is 0 Å². The second-order valence-corrected chi connectivity index (χ2v) is 6.17. The molecule has 1 amide bonds. The Bertz CT molecular complexity index is 719. The zero-order valence-electron chi connectivity index (χ0n) is 12.8. The number of allylic oxidation sites excluding steroid dienone is 3. The summed E-state index contributed by atoms with van der Waals surface area (Å²) >= 11 is 5.05. The van der Waals surface area contributed by atoms with Crippen molar-refractivity contribution in [1.29, 1.82) is 0 Å².